The van der Waals surface area contributed by atoms with Crippen molar-refractivity contribution in [3.63, 3.8) is 0 Å². The maximum absolute atomic E-state index is 12.3. The van der Waals surface area contributed by atoms with Crippen LogP contribution in [0.4, 0.5) is 5.69 Å². The van der Waals surface area contributed by atoms with E-state index < -0.39 is 11.4 Å². The van der Waals surface area contributed by atoms with Crippen LogP contribution in [-0.4, -0.2) is 23.8 Å². The van der Waals surface area contributed by atoms with E-state index in [1.165, 1.54) is 6.92 Å². The Labute approximate surface area is 115 Å². The average molecular weight is 281 g/mol. The molecule has 2 rings (SSSR count). The zero-order valence-corrected chi connectivity index (χ0v) is 11.1. The second-order valence-corrected chi connectivity index (χ2v) is 4.69. The van der Waals surface area contributed by atoms with Crippen LogP contribution in [-0.2, 0) is 9.59 Å². The quantitative estimate of drug-likeness (QED) is 0.830. The lowest BCUT2D eigenvalue weighted by Crippen LogP contribution is -2.59. The molecular weight excluding hydrogens is 268 g/mol. The number of amides is 1. The Balaban J connectivity index is 2.19. The molecule has 0 saturated heterocycles. The lowest BCUT2D eigenvalue weighted by atomic mass is 9.90. The molecule has 1 aromatic carbocycles. The fraction of sp³-hybridized carbons (Fsp3) is 0.333. The van der Waals surface area contributed by atoms with Crippen LogP contribution < -0.4 is 10.7 Å². The van der Waals surface area contributed by atoms with Crippen LogP contribution in [0.1, 0.15) is 13.3 Å². The molecule has 0 aliphatic carbocycles. The summed E-state index contributed by atoms with van der Waals surface area (Å²) in [4.78, 5) is 24.0. The van der Waals surface area contributed by atoms with Gasteiger partial charge in [-0.25, -0.2) is 0 Å². The van der Waals surface area contributed by atoms with E-state index in [1.54, 1.807) is 24.3 Å². The number of Topliss-reactive ketones (excluding diaryl/α,β-unsaturated/α-hetero) is 1. The Bertz CT molecular complexity index is 529. The van der Waals surface area contributed by atoms with Crippen molar-refractivity contribution < 1.29 is 9.59 Å². The minimum Gasteiger partial charge on any atom is -0.324 e. The number of carbonyl (C=O) groups is 2. The number of rotatable bonds is 3. The molecule has 19 heavy (non-hydrogen) atoms. The summed E-state index contributed by atoms with van der Waals surface area (Å²) in [5, 5.41) is 10.6. The van der Waals surface area contributed by atoms with E-state index in [0.29, 0.717) is 17.3 Å². The highest BCUT2D eigenvalue weighted by Crippen LogP contribution is 2.20. The number of nitrogens with one attached hydrogen (secondary N) is 2. The molecule has 0 bridgehead atoms. The molecule has 7 heteroatoms. The second kappa shape index (κ2) is 5.36. The molecule has 1 aliphatic heterocycles. The third-order valence-electron chi connectivity index (χ3n) is 2.99. The van der Waals surface area contributed by atoms with Gasteiger partial charge in [0.05, 0.1) is 6.54 Å². The van der Waals surface area contributed by atoms with E-state index in [1.807, 2.05) is 0 Å². The van der Waals surface area contributed by atoms with E-state index >= 15 is 0 Å². The van der Waals surface area contributed by atoms with Crippen LogP contribution in [0.5, 0.6) is 0 Å². The van der Waals surface area contributed by atoms with Gasteiger partial charge in [-0.1, -0.05) is 16.8 Å². The van der Waals surface area contributed by atoms with E-state index in [0.717, 1.165) is 0 Å². The Morgan fingerprint density at radius 2 is 2.05 bits per heavy atom. The average Bonchev–Trinajstić information content (AvgIpc) is 2.42. The molecule has 1 aliphatic rings. The molecule has 0 aromatic heterocycles. The van der Waals surface area contributed by atoms with Gasteiger partial charge in [0.2, 0.25) is 0 Å². The standard InChI is InChI=1S/C12H13ClN4O2/c1-8(18)12(6-7-14-17-16-12)11(19)15-10-4-2-9(13)3-5-10/h2-5H,6-7H2,1H3,(H,14,16)(H,15,19). The number of hydrogen-bond acceptors (Lipinski definition) is 5. The van der Waals surface area contributed by atoms with Gasteiger partial charge < -0.3 is 5.32 Å². The van der Waals surface area contributed by atoms with Crippen LogP contribution >= 0.6 is 11.6 Å². The lowest BCUT2D eigenvalue weighted by Gasteiger charge is -2.30. The van der Waals surface area contributed by atoms with Crippen LogP contribution in [0.25, 0.3) is 0 Å². The summed E-state index contributed by atoms with van der Waals surface area (Å²) in [6.45, 7) is 1.69. The first-order valence-corrected chi connectivity index (χ1v) is 6.14. The predicted octanol–water partition coefficient (Wildman–Crippen LogP) is 1.97. The molecule has 0 fully saturated rings. The minimum atomic E-state index is -1.35. The first-order valence-electron chi connectivity index (χ1n) is 5.76. The van der Waals surface area contributed by atoms with Crippen molar-refractivity contribution in [3.8, 4) is 0 Å². The van der Waals surface area contributed by atoms with Gasteiger partial charge in [0, 0.05) is 17.1 Å². The highest BCUT2D eigenvalue weighted by atomic mass is 35.5. The highest BCUT2D eigenvalue weighted by molar-refractivity contribution is 6.30. The summed E-state index contributed by atoms with van der Waals surface area (Å²) < 4.78 is 0. The summed E-state index contributed by atoms with van der Waals surface area (Å²) in [6.07, 6.45) is 0.283. The Morgan fingerprint density at radius 1 is 1.37 bits per heavy atom. The number of benzene rings is 1. The van der Waals surface area contributed by atoms with Crippen LogP contribution in [0, 0.1) is 0 Å². The Hall–Kier alpha value is -1.95. The maximum atomic E-state index is 12.3. The number of ketones is 1. The molecular formula is C12H13ClN4O2. The van der Waals surface area contributed by atoms with Crippen molar-refractivity contribution in [2.24, 2.45) is 10.3 Å². The first-order chi connectivity index (χ1) is 9.04. The summed E-state index contributed by atoms with van der Waals surface area (Å²) in [6, 6.07) is 6.65. The normalized spacial score (nSPS) is 21.6. The number of halogens is 1. The topological polar surface area (TPSA) is 82.9 Å². The smallest absolute Gasteiger partial charge is 0.259 e. The lowest BCUT2D eigenvalue weighted by molar-refractivity contribution is -0.134. The van der Waals surface area contributed by atoms with Crippen LogP contribution in [0.15, 0.2) is 34.6 Å². The molecule has 1 atom stereocenters. The summed E-state index contributed by atoms with van der Waals surface area (Å²) >= 11 is 5.77. The van der Waals surface area contributed by atoms with E-state index in [2.05, 4.69) is 21.1 Å². The Kier molecular flexibility index (Phi) is 3.80. The fourth-order valence-electron chi connectivity index (χ4n) is 1.79. The number of carbonyl (C=O) groups excluding carboxylic acids is 2. The van der Waals surface area contributed by atoms with Crippen LogP contribution in [0.2, 0.25) is 5.02 Å². The van der Waals surface area contributed by atoms with Crippen molar-refractivity contribution >= 4 is 29.0 Å². The number of hydrogen-bond donors (Lipinski definition) is 2. The van der Waals surface area contributed by atoms with E-state index in [4.69, 9.17) is 11.6 Å². The summed E-state index contributed by atoms with van der Waals surface area (Å²) in [5.41, 5.74) is 1.76. The molecule has 1 aromatic rings. The van der Waals surface area contributed by atoms with Gasteiger partial charge in [-0.15, -0.1) is 0 Å². The Morgan fingerprint density at radius 3 is 2.58 bits per heavy atom. The largest absolute Gasteiger partial charge is 0.324 e. The minimum absolute atomic E-state index is 0.283. The predicted molar refractivity (Wildman–Crippen MR) is 71.0 cm³/mol. The zero-order valence-electron chi connectivity index (χ0n) is 10.3. The van der Waals surface area contributed by atoms with E-state index in [-0.39, 0.29) is 12.2 Å². The van der Waals surface area contributed by atoms with Gasteiger partial charge in [-0.3, -0.25) is 15.0 Å². The second-order valence-electron chi connectivity index (χ2n) is 4.25. The van der Waals surface area contributed by atoms with Crippen molar-refractivity contribution in [2.45, 2.75) is 18.9 Å². The molecule has 1 unspecified atom stereocenters. The molecule has 1 heterocycles. The molecule has 0 saturated carbocycles. The highest BCUT2D eigenvalue weighted by Gasteiger charge is 2.44. The van der Waals surface area contributed by atoms with Gasteiger partial charge in [-0.2, -0.15) is 5.11 Å². The van der Waals surface area contributed by atoms with Gasteiger partial charge in [-0.05, 0) is 31.2 Å². The van der Waals surface area contributed by atoms with Crippen molar-refractivity contribution in [1.82, 2.24) is 5.43 Å². The molecule has 1 amide bonds. The first kappa shape index (κ1) is 13.5. The van der Waals surface area contributed by atoms with Crippen molar-refractivity contribution in [3.05, 3.63) is 29.3 Å². The van der Waals surface area contributed by atoms with Crippen molar-refractivity contribution in [2.75, 3.05) is 11.9 Å². The molecule has 0 spiro atoms. The number of nitrogens with zero attached hydrogens (tertiary/aromatic N) is 2. The SMILES string of the molecule is CC(=O)C1(C(=O)Nc2ccc(Cl)cc2)CCN=NN1. The molecule has 2 N–H and O–H groups in total. The third-order valence-corrected chi connectivity index (χ3v) is 3.24. The fourth-order valence-corrected chi connectivity index (χ4v) is 1.92. The number of anilines is 1. The summed E-state index contributed by atoms with van der Waals surface area (Å²) in [5.74, 6) is -0.737. The van der Waals surface area contributed by atoms with Gasteiger partial charge in [0.25, 0.3) is 5.91 Å². The van der Waals surface area contributed by atoms with Crippen molar-refractivity contribution in [1.29, 1.82) is 0 Å². The van der Waals surface area contributed by atoms with Gasteiger partial charge >= 0.3 is 0 Å². The van der Waals surface area contributed by atoms with Crippen LogP contribution in [0.3, 0.4) is 0 Å². The molecule has 100 valence electrons. The van der Waals surface area contributed by atoms with E-state index in [9.17, 15) is 9.59 Å². The van der Waals surface area contributed by atoms with Gasteiger partial charge in [0.1, 0.15) is 0 Å². The summed E-state index contributed by atoms with van der Waals surface area (Å²) in [7, 11) is 0. The van der Waals surface area contributed by atoms with Gasteiger partial charge in [0.15, 0.2) is 11.3 Å². The maximum Gasteiger partial charge on any atom is 0.259 e. The molecule has 0 radical (unpaired) electrons. The molecule has 6 nitrogen and oxygen atoms in total. The zero-order chi connectivity index (χ0) is 13.9. The monoisotopic (exact) mass is 280 g/mol. The third kappa shape index (κ3) is 2.73.